The molecule has 0 atom stereocenters. The molecule has 0 unspecified atom stereocenters. The molecule has 1 N–H and O–H groups in total. The van der Waals surface area contributed by atoms with Crippen molar-refractivity contribution in [3.05, 3.63) is 41.3 Å². The van der Waals surface area contributed by atoms with E-state index in [1.54, 1.807) is 0 Å². The number of aromatic nitrogens is 3. The van der Waals surface area contributed by atoms with Crippen LogP contribution in [-0.4, -0.2) is 25.8 Å². The van der Waals surface area contributed by atoms with Gasteiger partial charge in [0.1, 0.15) is 5.56 Å². The molecule has 0 aliphatic carbocycles. The molecule has 8 heteroatoms. The third kappa shape index (κ3) is 2.56. The van der Waals surface area contributed by atoms with Crippen LogP contribution in [0.5, 0.6) is 0 Å². The van der Waals surface area contributed by atoms with E-state index in [1.807, 2.05) is 0 Å². The van der Waals surface area contributed by atoms with Crippen molar-refractivity contribution in [2.45, 2.75) is 13.1 Å². The second-order valence-corrected chi connectivity index (χ2v) is 3.78. The largest absolute Gasteiger partial charge is 0.478 e. The number of rotatable bonds is 2. The quantitative estimate of drug-likeness (QED) is 0.909. The van der Waals surface area contributed by atoms with Gasteiger partial charge < -0.3 is 5.11 Å². The Hall–Kier alpha value is -2.38. The van der Waals surface area contributed by atoms with Crippen LogP contribution in [0.2, 0.25) is 0 Å². The van der Waals surface area contributed by atoms with E-state index in [2.05, 4.69) is 10.1 Å². The minimum atomic E-state index is -4.49. The van der Waals surface area contributed by atoms with E-state index in [0.29, 0.717) is 0 Å². The molecule has 2 rings (SSSR count). The van der Waals surface area contributed by atoms with E-state index >= 15 is 0 Å². The number of alkyl halides is 3. The van der Waals surface area contributed by atoms with Crippen molar-refractivity contribution in [2.24, 2.45) is 0 Å². The maximum absolute atomic E-state index is 12.5. The van der Waals surface area contributed by atoms with Crippen molar-refractivity contribution in [1.82, 2.24) is 14.8 Å². The molecule has 0 aromatic carbocycles. The summed E-state index contributed by atoms with van der Waals surface area (Å²) in [6.07, 6.45) is -2.37. The third-order valence-corrected chi connectivity index (χ3v) is 2.44. The van der Waals surface area contributed by atoms with Crippen LogP contribution in [0.15, 0.2) is 24.5 Å². The molecule has 0 spiro atoms. The fourth-order valence-electron chi connectivity index (χ4n) is 1.51. The molecule has 0 bridgehead atoms. The summed E-state index contributed by atoms with van der Waals surface area (Å²) in [5.41, 5.74) is -0.756. The number of carboxylic acids is 1. The Morgan fingerprint density at radius 3 is 2.63 bits per heavy atom. The third-order valence-electron chi connectivity index (χ3n) is 2.44. The van der Waals surface area contributed by atoms with Crippen molar-refractivity contribution in [3.8, 4) is 5.82 Å². The SMILES string of the molecule is Cc1nn(-c2cc(C(F)(F)F)ccn2)cc1C(=O)O. The van der Waals surface area contributed by atoms with E-state index in [4.69, 9.17) is 5.11 Å². The zero-order valence-electron chi connectivity index (χ0n) is 9.64. The van der Waals surface area contributed by atoms with Gasteiger partial charge in [-0.1, -0.05) is 0 Å². The number of carbonyl (C=O) groups is 1. The monoisotopic (exact) mass is 271 g/mol. The van der Waals surface area contributed by atoms with Crippen molar-refractivity contribution >= 4 is 5.97 Å². The Morgan fingerprint density at radius 1 is 1.42 bits per heavy atom. The van der Waals surface area contributed by atoms with Gasteiger partial charge in [-0.3, -0.25) is 0 Å². The van der Waals surface area contributed by atoms with Gasteiger partial charge in [0.2, 0.25) is 0 Å². The van der Waals surface area contributed by atoms with Crippen LogP contribution >= 0.6 is 0 Å². The van der Waals surface area contributed by atoms with Gasteiger partial charge in [0.25, 0.3) is 0 Å². The summed E-state index contributed by atoms with van der Waals surface area (Å²) >= 11 is 0. The zero-order chi connectivity index (χ0) is 14.2. The van der Waals surface area contributed by atoms with Gasteiger partial charge in [-0.15, -0.1) is 0 Å². The first-order valence-electron chi connectivity index (χ1n) is 5.12. The maximum atomic E-state index is 12.5. The number of hydrogen-bond donors (Lipinski definition) is 1. The summed E-state index contributed by atoms with van der Waals surface area (Å²) in [7, 11) is 0. The molecular weight excluding hydrogens is 263 g/mol. The highest BCUT2D eigenvalue weighted by atomic mass is 19.4. The number of aromatic carboxylic acids is 1. The minimum absolute atomic E-state index is 0.0841. The van der Waals surface area contributed by atoms with Crippen molar-refractivity contribution in [3.63, 3.8) is 0 Å². The number of aryl methyl sites for hydroxylation is 1. The molecule has 19 heavy (non-hydrogen) atoms. The van der Waals surface area contributed by atoms with Gasteiger partial charge in [-0.05, 0) is 19.1 Å². The summed E-state index contributed by atoms with van der Waals surface area (Å²) in [5, 5.41) is 12.7. The maximum Gasteiger partial charge on any atom is 0.416 e. The van der Waals surface area contributed by atoms with Crippen LogP contribution in [0.3, 0.4) is 0 Å². The number of pyridine rings is 1. The van der Waals surface area contributed by atoms with E-state index in [1.165, 1.54) is 6.92 Å². The fraction of sp³-hybridized carbons (Fsp3) is 0.182. The van der Waals surface area contributed by atoms with Crippen LogP contribution in [0, 0.1) is 6.92 Å². The highest BCUT2D eigenvalue weighted by Gasteiger charge is 2.31. The highest BCUT2D eigenvalue weighted by Crippen LogP contribution is 2.29. The van der Waals surface area contributed by atoms with Gasteiger partial charge in [0, 0.05) is 12.4 Å². The molecule has 2 aromatic rings. The second kappa shape index (κ2) is 4.38. The highest BCUT2D eigenvalue weighted by molar-refractivity contribution is 5.88. The summed E-state index contributed by atoms with van der Waals surface area (Å²) in [5.74, 6) is -1.29. The fourth-order valence-corrected chi connectivity index (χ4v) is 1.51. The van der Waals surface area contributed by atoms with E-state index < -0.39 is 17.7 Å². The molecule has 0 aliphatic heterocycles. The molecule has 0 saturated carbocycles. The van der Waals surface area contributed by atoms with E-state index in [-0.39, 0.29) is 17.1 Å². The molecule has 5 nitrogen and oxygen atoms in total. The first kappa shape index (κ1) is 13.1. The normalized spacial score (nSPS) is 11.6. The van der Waals surface area contributed by atoms with Gasteiger partial charge in [0.05, 0.1) is 11.3 Å². The summed E-state index contributed by atoms with van der Waals surface area (Å²) in [6, 6.07) is 1.63. The molecule has 2 aromatic heterocycles. The number of hydrogen-bond acceptors (Lipinski definition) is 3. The van der Waals surface area contributed by atoms with Crippen LogP contribution in [0.4, 0.5) is 13.2 Å². The van der Waals surface area contributed by atoms with Gasteiger partial charge in [0.15, 0.2) is 5.82 Å². The smallest absolute Gasteiger partial charge is 0.416 e. The predicted molar refractivity (Wildman–Crippen MR) is 58.1 cm³/mol. The van der Waals surface area contributed by atoms with Crippen LogP contribution < -0.4 is 0 Å². The second-order valence-electron chi connectivity index (χ2n) is 3.78. The Morgan fingerprint density at radius 2 is 2.11 bits per heavy atom. The Labute approximate surface area is 105 Å². The molecule has 0 amide bonds. The van der Waals surface area contributed by atoms with Crippen LogP contribution in [-0.2, 0) is 6.18 Å². The lowest BCUT2D eigenvalue weighted by atomic mass is 10.2. The van der Waals surface area contributed by atoms with Crippen molar-refractivity contribution < 1.29 is 23.1 Å². The lowest BCUT2D eigenvalue weighted by molar-refractivity contribution is -0.137. The molecular formula is C11H8F3N3O2. The Bertz CT molecular complexity index is 634. The van der Waals surface area contributed by atoms with E-state index in [0.717, 1.165) is 29.2 Å². The minimum Gasteiger partial charge on any atom is -0.478 e. The van der Waals surface area contributed by atoms with Gasteiger partial charge in [-0.2, -0.15) is 18.3 Å². The zero-order valence-corrected chi connectivity index (χ0v) is 9.64. The first-order valence-corrected chi connectivity index (χ1v) is 5.12. The molecule has 2 heterocycles. The molecule has 0 radical (unpaired) electrons. The molecule has 100 valence electrons. The molecule has 0 saturated heterocycles. The van der Waals surface area contributed by atoms with Gasteiger partial charge in [-0.25, -0.2) is 14.5 Å². The lowest BCUT2D eigenvalue weighted by Crippen LogP contribution is -2.07. The topological polar surface area (TPSA) is 68.0 Å². The molecule has 0 fully saturated rings. The average molecular weight is 271 g/mol. The average Bonchev–Trinajstić information content (AvgIpc) is 2.70. The first-order chi connectivity index (χ1) is 8.79. The number of carboxylic acid groups (broad SMARTS) is 1. The van der Waals surface area contributed by atoms with E-state index in [9.17, 15) is 18.0 Å². The van der Waals surface area contributed by atoms with Crippen LogP contribution in [0.25, 0.3) is 5.82 Å². The van der Waals surface area contributed by atoms with Crippen LogP contribution in [0.1, 0.15) is 21.6 Å². The van der Waals surface area contributed by atoms with Crippen molar-refractivity contribution in [1.29, 1.82) is 0 Å². The number of nitrogens with zero attached hydrogens (tertiary/aromatic N) is 3. The van der Waals surface area contributed by atoms with Crippen molar-refractivity contribution in [2.75, 3.05) is 0 Å². The predicted octanol–water partition coefficient (Wildman–Crippen LogP) is 2.29. The summed E-state index contributed by atoms with van der Waals surface area (Å²) in [4.78, 5) is 14.6. The molecule has 0 aliphatic rings. The number of halogens is 3. The standard InChI is InChI=1S/C11H8F3N3O2/c1-6-8(10(18)19)5-17(16-6)9-4-7(2-3-15-9)11(12,13)14/h2-5H,1H3,(H,18,19). The lowest BCUT2D eigenvalue weighted by Gasteiger charge is -2.07. The summed E-state index contributed by atoms with van der Waals surface area (Å²) in [6.45, 7) is 1.45. The van der Waals surface area contributed by atoms with Gasteiger partial charge >= 0.3 is 12.1 Å². The Kier molecular flexibility index (Phi) is 3.01. The summed E-state index contributed by atoms with van der Waals surface area (Å²) < 4.78 is 38.6. The Balaban J connectivity index is 2.48.